The predicted molar refractivity (Wildman–Crippen MR) is 91.1 cm³/mol. The van der Waals surface area contributed by atoms with E-state index >= 15 is 0 Å². The van der Waals surface area contributed by atoms with Gasteiger partial charge in [-0.2, -0.15) is 0 Å². The molecule has 2 aromatic carbocycles. The van der Waals surface area contributed by atoms with E-state index in [4.69, 9.17) is 23.2 Å². The van der Waals surface area contributed by atoms with Crippen LogP contribution >= 0.6 is 23.2 Å². The van der Waals surface area contributed by atoms with Crippen LogP contribution in [0, 0.1) is 10.1 Å². The molecule has 0 saturated carbocycles. The van der Waals surface area contributed by atoms with Gasteiger partial charge in [-0.05, 0) is 29.8 Å². The molecule has 0 bridgehead atoms. The molecule has 1 amide bonds. The fraction of sp³-hybridized carbons (Fsp3) is 0.0667. The van der Waals surface area contributed by atoms with E-state index in [1.165, 1.54) is 31.3 Å². The molecule has 0 heterocycles. The zero-order chi connectivity index (χ0) is 17.0. The predicted octanol–water partition coefficient (Wildman–Crippen LogP) is 4.61. The summed E-state index contributed by atoms with van der Waals surface area (Å²) in [6.45, 7) is 1.37. The molecule has 0 saturated heterocycles. The maximum absolute atomic E-state index is 11.1. The minimum atomic E-state index is -0.476. The van der Waals surface area contributed by atoms with Crippen LogP contribution in [0.1, 0.15) is 12.5 Å². The summed E-state index contributed by atoms with van der Waals surface area (Å²) in [4.78, 5) is 25.5. The van der Waals surface area contributed by atoms with Crippen molar-refractivity contribution in [3.8, 4) is 0 Å². The van der Waals surface area contributed by atoms with Crippen LogP contribution in [0.15, 0.2) is 41.4 Å². The summed E-state index contributed by atoms with van der Waals surface area (Å²) in [6, 6.07) is 8.94. The Bertz CT molecular complexity index is 789. The van der Waals surface area contributed by atoms with Gasteiger partial charge in [0.15, 0.2) is 0 Å². The lowest BCUT2D eigenvalue weighted by Gasteiger charge is -2.07. The van der Waals surface area contributed by atoms with E-state index in [2.05, 4.69) is 10.3 Å². The molecule has 0 atom stereocenters. The number of amides is 1. The molecule has 0 aliphatic rings. The summed E-state index contributed by atoms with van der Waals surface area (Å²) >= 11 is 12.1. The number of non-ortho nitro benzene ring substituents is 1. The molecular weight excluding hydrogens is 341 g/mol. The molecule has 0 aromatic heterocycles. The lowest BCUT2D eigenvalue weighted by Crippen LogP contribution is -2.06. The summed E-state index contributed by atoms with van der Waals surface area (Å²) in [5, 5.41) is 13.8. The van der Waals surface area contributed by atoms with Gasteiger partial charge in [0.25, 0.3) is 5.69 Å². The van der Waals surface area contributed by atoms with Crippen LogP contribution < -0.4 is 5.32 Å². The van der Waals surface area contributed by atoms with Gasteiger partial charge < -0.3 is 5.32 Å². The quantitative estimate of drug-likeness (QED) is 0.495. The molecule has 0 unspecified atom stereocenters. The molecule has 0 fully saturated rings. The van der Waals surface area contributed by atoms with Gasteiger partial charge in [-0.1, -0.05) is 23.2 Å². The molecule has 8 heteroatoms. The first-order chi connectivity index (χ1) is 10.9. The summed E-state index contributed by atoms with van der Waals surface area (Å²) in [5.74, 6) is -0.264. The highest BCUT2D eigenvalue weighted by molar-refractivity contribution is 6.38. The Morgan fingerprint density at radius 1 is 1.22 bits per heavy atom. The van der Waals surface area contributed by atoms with Crippen LogP contribution in [-0.2, 0) is 4.79 Å². The van der Waals surface area contributed by atoms with Crippen LogP contribution in [-0.4, -0.2) is 17.0 Å². The average molecular weight is 352 g/mol. The number of nitrogens with zero attached hydrogens (tertiary/aromatic N) is 2. The van der Waals surface area contributed by atoms with E-state index in [1.807, 2.05) is 0 Å². The Morgan fingerprint density at radius 3 is 2.43 bits per heavy atom. The number of nitro benzene ring substituents is 1. The van der Waals surface area contributed by atoms with Crippen molar-refractivity contribution in [3.05, 3.63) is 62.1 Å². The SMILES string of the molecule is CC(=O)Nc1cc(N=Cc2ccc([N+](=O)[O-])cc2)c(Cl)cc1Cl. The topological polar surface area (TPSA) is 84.6 Å². The molecule has 118 valence electrons. The van der Waals surface area contributed by atoms with Crippen molar-refractivity contribution in [3.63, 3.8) is 0 Å². The highest BCUT2D eigenvalue weighted by atomic mass is 35.5. The van der Waals surface area contributed by atoms with Crippen molar-refractivity contribution in [1.29, 1.82) is 0 Å². The van der Waals surface area contributed by atoms with Gasteiger partial charge in [0.2, 0.25) is 5.91 Å². The normalized spacial score (nSPS) is 10.7. The fourth-order valence-corrected chi connectivity index (χ4v) is 2.23. The van der Waals surface area contributed by atoms with Crippen molar-refractivity contribution in [2.24, 2.45) is 4.99 Å². The first kappa shape index (κ1) is 16.9. The van der Waals surface area contributed by atoms with Crippen LogP contribution in [0.5, 0.6) is 0 Å². The van der Waals surface area contributed by atoms with E-state index in [1.54, 1.807) is 18.2 Å². The van der Waals surface area contributed by atoms with Gasteiger partial charge in [-0.25, -0.2) is 0 Å². The van der Waals surface area contributed by atoms with Gasteiger partial charge in [0, 0.05) is 25.3 Å². The monoisotopic (exact) mass is 351 g/mol. The van der Waals surface area contributed by atoms with Crippen LogP contribution in [0.2, 0.25) is 10.0 Å². The molecule has 1 N–H and O–H groups in total. The van der Waals surface area contributed by atoms with Gasteiger partial charge in [-0.3, -0.25) is 19.9 Å². The Hall–Kier alpha value is -2.44. The van der Waals surface area contributed by atoms with Gasteiger partial charge in [0.1, 0.15) is 0 Å². The Labute approximate surface area is 141 Å². The van der Waals surface area contributed by atoms with E-state index < -0.39 is 4.92 Å². The molecule has 0 aliphatic carbocycles. The first-order valence-corrected chi connectivity index (χ1v) is 7.17. The Morgan fingerprint density at radius 2 is 1.87 bits per heavy atom. The molecule has 2 rings (SSSR count). The average Bonchev–Trinajstić information content (AvgIpc) is 2.49. The zero-order valence-electron chi connectivity index (χ0n) is 11.9. The maximum atomic E-state index is 11.1. The van der Waals surface area contributed by atoms with Gasteiger partial charge >= 0.3 is 0 Å². The highest BCUT2D eigenvalue weighted by Gasteiger charge is 2.08. The van der Waals surface area contributed by atoms with Crippen LogP contribution in [0.4, 0.5) is 17.1 Å². The third-order valence-corrected chi connectivity index (χ3v) is 3.42. The summed E-state index contributed by atoms with van der Waals surface area (Å²) in [5.41, 5.74) is 1.49. The lowest BCUT2D eigenvalue weighted by atomic mass is 10.2. The van der Waals surface area contributed by atoms with E-state index in [0.29, 0.717) is 27.0 Å². The van der Waals surface area contributed by atoms with E-state index in [9.17, 15) is 14.9 Å². The summed E-state index contributed by atoms with van der Waals surface area (Å²) in [7, 11) is 0. The Balaban J connectivity index is 2.27. The molecule has 6 nitrogen and oxygen atoms in total. The minimum Gasteiger partial charge on any atom is -0.325 e. The van der Waals surface area contributed by atoms with Crippen molar-refractivity contribution in [2.75, 3.05) is 5.32 Å². The van der Waals surface area contributed by atoms with Crippen molar-refractivity contribution >= 4 is 52.4 Å². The second kappa shape index (κ2) is 7.21. The number of anilines is 1. The number of hydrogen-bond acceptors (Lipinski definition) is 4. The number of carbonyl (C=O) groups is 1. The zero-order valence-corrected chi connectivity index (χ0v) is 13.4. The number of nitro groups is 1. The lowest BCUT2D eigenvalue weighted by molar-refractivity contribution is -0.384. The number of rotatable bonds is 4. The number of aliphatic imine (C=N–C) groups is 1. The number of nitrogens with one attached hydrogen (secondary N) is 1. The van der Waals surface area contributed by atoms with E-state index in [-0.39, 0.29) is 11.6 Å². The van der Waals surface area contributed by atoms with Gasteiger partial charge in [0.05, 0.1) is 26.3 Å². The largest absolute Gasteiger partial charge is 0.325 e. The number of carbonyl (C=O) groups excluding carboxylic acids is 1. The molecule has 23 heavy (non-hydrogen) atoms. The second-order valence-electron chi connectivity index (χ2n) is 4.57. The molecule has 0 radical (unpaired) electrons. The smallest absolute Gasteiger partial charge is 0.269 e. The van der Waals surface area contributed by atoms with Crippen molar-refractivity contribution in [2.45, 2.75) is 6.92 Å². The van der Waals surface area contributed by atoms with Gasteiger partial charge in [-0.15, -0.1) is 0 Å². The molecule has 0 aliphatic heterocycles. The standard InChI is InChI=1S/C15H11Cl2N3O3/c1-9(21)19-15-7-14(12(16)6-13(15)17)18-8-10-2-4-11(5-3-10)20(22)23/h2-8H,1H3,(H,19,21). The van der Waals surface area contributed by atoms with E-state index in [0.717, 1.165) is 0 Å². The third-order valence-electron chi connectivity index (χ3n) is 2.80. The number of hydrogen-bond donors (Lipinski definition) is 1. The molecular formula is C15H11Cl2N3O3. The molecule has 0 spiro atoms. The summed E-state index contributed by atoms with van der Waals surface area (Å²) < 4.78 is 0. The molecule has 2 aromatic rings. The number of benzene rings is 2. The van der Waals surface area contributed by atoms with Crippen molar-refractivity contribution in [1.82, 2.24) is 0 Å². The maximum Gasteiger partial charge on any atom is 0.269 e. The van der Waals surface area contributed by atoms with Crippen LogP contribution in [0.3, 0.4) is 0 Å². The highest BCUT2D eigenvalue weighted by Crippen LogP contribution is 2.34. The summed E-state index contributed by atoms with van der Waals surface area (Å²) in [6.07, 6.45) is 1.51. The second-order valence-corrected chi connectivity index (χ2v) is 5.39. The fourth-order valence-electron chi connectivity index (χ4n) is 1.75. The first-order valence-electron chi connectivity index (χ1n) is 6.42. The van der Waals surface area contributed by atoms with Crippen LogP contribution in [0.25, 0.3) is 0 Å². The minimum absolute atomic E-state index is 0.000352. The number of halogens is 2. The third kappa shape index (κ3) is 4.51. The van der Waals surface area contributed by atoms with Crippen molar-refractivity contribution < 1.29 is 9.72 Å². The Kier molecular flexibility index (Phi) is 5.31.